The first-order chi connectivity index (χ1) is 6.06. The minimum Gasteiger partial charge on any atom is -0.399 e. The molecule has 0 saturated heterocycles. The van der Waals surface area contributed by atoms with E-state index in [1.807, 2.05) is 13.0 Å². The van der Waals surface area contributed by atoms with Crippen molar-refractivity contribution in [1.82, 2.24) is 0 Å². The second-order valence-electron chi connectivity index (χ2n) is 3.58. The Balaban J connectivity index is 3.15. The normalized spacial score (nSPS) is 12.9. The van der Waals surface area contributed by atoms with Gasteiger partial charge in [-0.2, -0.15) is 0 Å². The monoisotopic (exact) mass is 178 g/mol. The Hall–Kier alpha value is -1.02. The average Bonchev–Trinajstić information content (AvgIpc) is 2.10. The van der Waals surface area contributed by atoms with Crippen LogP contribution in [0.2, 0.25) is 0 Å². The maximum absolute atomic E-state index is 5.97. The van der Waals surface area contributed by atoms with E-state index >= 15 is 0 Å². The minimum absolute atomic E-state index is 0.138. The third-order valence-electron chi connectivity index (χ3n) is 2.49. The molecule has 13 heavy (non-hydrogen) atoms. The summed E-state index contributed by atoms with van der Waals surface area (Å²) in [5.74, 6) is 0. The predicted octanol–water partition coefficient (Wildman–Crippen LogP) is 2.30. The fourth-order valence-electron chi connectivity index (χ4n) is 1.48. The van der Waals surface area contributed by atoms with Crippen molar-refractivity contribution in [3.8, 4) is 0 Å². The van der Waals surface area contributed by atoms with Crippen molar-refractivity contribution in [3.05, 3.63) is 28.8 Å². The third-order valence-corrected chi connectivity index (χ3v) is 2.49. The molecule has 1 rings (SSSR count). The van der Waals surface area contributed by atoms with E-state index in [4.69, 9.17) is 11.5 Å². The number of rotatable bonds is 2. The minimum atomic E-state index is 0.138. The zero-order chi connectivity index (χ0) is 10.0. The van der Waals surface area contributed by atoms with Gasteiger partial charge in [0.25, 0.3) is 0 Å². The largest absolute Gasteiger partial charge is 0.399 e. The molecular formula is C11H18N2. The molecule has 0 saturated carbocycles. The van der Waals surface area contributed by atoms with Crippen LogP contribution >= 0.6 is 0 Å². The fraction of sp³-hybridized carbons (Fsp3) is 0.455. The van der Waals surface area contributed by atoms with Gasteiger partial charge in [0.15, 0.2) is 0 Å². The highest BCUT2D eigenvalue weighted by Gasteiger charge is 2.08. The molecule has 0 heterocycles. The Bertz CT molecular complexity index is 305. The van der Waals surface area contributed by atoms with Crippen LogP contribution in [0.1, 0.15) is 36.1 Å². The molecule has 0 radical (unpaired) electrons. The molecule has 0 aromatic heterocycles. The van der Waals surface area contributed by atoms with E-state index < -0.39 is 0 Å². The second-order valence-corrected chi connectivity index (χ2v) is 3.58. The SMILES string of the molecule is CCC(N)c1cc(C)c(N)cc1C. The standard InChI is InChI=1S/C11H18N2/c1-4-10(12)9-5-8(3)11(13)6-7(9)2/h5-6,10H,4,12-13H2,1-3H3. The maximum Gasteiger partial charge on any atom is 0.0346 e. The number of anilines is 1. The van der Waals surface area contributed by atoms with Crippen molar-refractivity contribution in [1.29, 1.82) is 0 Å². The summed E-state index contributed by atoms with van der Waals surface area (Å²) >= 11 is 0. The number of benzene rings is 1. The van der Waals surface area contributed by atoms with E-state index in [1.165, 1.54) is 11.1 Å². The van der Waals surface area contributed by atoms with E-state index in [-0.39, 0.29) is 6.04 Å². The van der Waals surface area contributed by atoms with Gasteiger partial charge in [-0.3, -0.25) is 0 Å². The van der Waals surface area contributed by atoms with Gasteiger partial charge in [0, 0.05) is 11.7 Å². The Morgan fingerprint density at radius 1 is 1.23 bits per heavy atom. The first kappa shape index (κ1) is 10.1. The quantitative estimate of drug-likeness (QED) is 0.683. The molecule has 72 valence electrons. The predicted molar refractivity (Wildman–Crippen MR) is 57.5 cm³/mol. The van der Waals surface area contributed by atoms with Crippen LogP contribution in [0.5, 0.6) is 0 Å². The van der Waals surface area contributed by atoms with Gasteiger partial charge in [0.1, 0.15) is 0 Å². The summed E-state index contributed by atoms with van der Waals surface area (Å²) in [4.78, 5) is 0. The molecule has 4 N–H and O–H groups in total. The Morgan fingerprint density at radius 3 is 2.38 bits per heavy atom. The van der Waals surface area contributed by atoms with E-state index in [9.17, 15) is 0 Å². The van der Waals surface area contributed by atoms with Gasteiger partial charge in [0.2, 0.25) is 0 Å². The number of nitrogens with two attached hydrogens (primary N) is 2. The lowest BCUT2D eigenvalue weighted by molar-refractivity contribution is 0.693. The number of nitrogen functional groups attached to an aromatic ring is 1. The highest BCUT2D eigenvalue weighted by Crippen LogP contribution is 2.23. The zero-order valence-electron chi connectivity index (χ0n) is 8.59. The Kier molecular flexibility index (Phi) is 2.94. The van der Waals surface area contributed by atoms with E-state index in [0.29, 0.717) is 0 Å². The molecule has 0 bridgehead atoms. The lowest BCUT2D eigenvalue weighted by Gasteiger charge is -2.14. The summed E-state index contributed by atoms with van der Waals surface area (Å²) in [5.41, 5.74) is 16.1. The highest BCUT2D eigenvalue weighted by atomic mass is 14.6. The van der Waals surface area contributed by atoms with Crippen LogP contribution in [-0.2, 0) is 0 Å². The fourth-order valence-corrected chi connectivity index (χ4v) is 1.48. The number of aryl methyl sites for hydroxylation is 2. The second kappa shape index (κ2) is 3.79. The Labute approximate surface area is 79.9 Å². The van der Waals surface area contributed by atoms with Gasteiger partial charge in [-0.1, -0.05) is 13.0 Å². The van der Waals surface area contributed by atoms with Crippen LogP contribution in [0.15, 0.2) is 12.1 Å². The van der Waals surface area contributed by atoms with Crippen molar-refractivity contribution in [3.63, 3.8) is 0 Å². The molecule has 1 atom stereocenters. The van der Waals surface area contributed by atoms with Crippen LogP contribution in [0, 0.1) is 13.8 Å². The maximum atomic E-state index is 5.97. The molecule has 0 spiro atoms. The summed E-state index contributed by atoms with van der Waals surface area (Å²) in [6.07, 6.45) is 0.962. The van der Waals surface area contributed by atoms with E-state index in [2.05, 4.69) is 19.9 Å². The van der Waals surface area contributed by atoms with Gasteiger partial charge in [-0.25, -0.2) is 0 Å². The van der Waals surface area contributed by atoms with Crippen molar-refractivity contribution in [2.45, 2.75) is 33.2 Å². The number of hydrogen-bond donors (Lipinski definition) is 2. The van der Waals surface area contributed by atoms with Crippen molar-refractivity contribution in [2.24, 2.45) is 5.73 Å². The van der Waals surface area contributed by atoms with Crippen molar-refractivity contribution >= 4 is 5.69 Å². The first-order valence-electron chi connectivity index (χ1n) is 4.68. The average molecular weight is 178 g/mol. The highest BCUT2D eigenvalue weighted by molar-refractivity contribution is 5.51. The van der Waals surface area contributed by atoms with Crippen LogP contribution in [0.25, 0.3) is 0 Å². The van der Waals surface area contributed by atoms with Gasteiger partial charge >= 0.3 is 0 Å². The van der Waals surface area contributed by atoms with Crippen LogP contribution in [-0.4, -0.2) is 0 Å². The third kappa shape index (κ3) is 2.01. The van der Waals surface area contributed by atoms with Crippen LogP contribution in [0.3, 0.4) is 0 Å². The molecule has 0 aliphatic carbocycles. The number of hydrogen-bond acceptors (Lipinski definition) is 2. The van der Waals surface area contributed by atoms with Gasteiger partial charge in [-0.05, 0) is 43.0 Å². The van der Waals surface area contributed by atoms with Crippen LogP contribution < -0.4 is 11.5 Å². The summed E-state index contributed by atoms with van der Waals surface area (Å²) < 4.78 is 0. The van der Waals surface area contributed by atoms with Gasteiger partial charge in [0.05, 0.1) is 0 Å². The van der Waals surface area contributed by atoms with E-state index in [1.54, 1.807) is 0 Å². The van der Waals surface area contributed by atoms with Gasteiger partial charge < -0.3 is 11.5 Å². The lowest BCUT2D eigenvalue weighted by Crippen LogP contribution is -2.11. The summed E-state index contributed by atoms with van der Waals surface area (Å²) in [6.45, 7) is 6.16. The van der Waals surface area contributed by atoms with Gasteiger partial charge in [-0.15, -0.1) is 0 Å². The molecule has 1 aromatic carbocycles. The first-order valence-corrected chi connectivity index (χ1v) is 4.68. The summed E-state index contributed by atoms with van der Waals surface area (Å²) in [7, 11) is 0. The molecule has 0 fully saturated rings. The smallest absolute Gasteiger partial charge is 0.0346 e. The van der Waals surface area contributed by atoms with Crippen molar-refractivity contribution < 1.29 is 0 Å². The molecule has 2 heteroatoms. The Morgan fingerprint density at radius 2 is 1.85 bits per heavy atom. The summed E-state index contributed by atoms with van der Waals surface area (Å²) in [6, 6.07) is 4.23. The lowest BCUT2D eigenvalue weighted by atomic mass is 9.97. The van der Waals surface area contributed by atoms with E-state index in [0.717, 1.165) is 17.7 Å². The molecule has 0 aliphatic rings. The van der Waals surface area contributed by atoms with Crippen LogP contribution in [0.4, 0.5) is 5.69 Å². The molecular weight excluding hydrogens is 160 g/mol. The topological polar surface area (TPSA) is 52.0 Å². The zero-order valence-corrected chi connectivity index (χ0v) is 8.59. The van der Waals surface area contributed by atoms with Crippen molar-refractivity contribution in [2.75, 3.05) is 5.73 Å². The molecule has 1 aromatic rings. The molecule has 0 amide bonds. The molecule has 2 nitrogen and oxygen atoms in total. The molecule has 1 unspecified atom stereocenters. The summed E-state index contributed by atoms with van der Waals surface area (Å²) in [5, 5.41) is 0. The molecule has 0 aliphatic heterocycles.